The molecule has 2 N–H and O–H groups in total. The van der Waals surface area contributed by atoms with Crippen LogP contribution in [0.4, 0.5) is 0 Å². The van der Waals surface area contributed by atoms with E-state index in [4.69, 9.17) is 11.0 Å². The van der Waals surface area contributed by atoms with Crippen molar-refractivity contribution in [3.8, 4) is 6.07 Å². The van der Waals surface area contributed by atoms with E-state index in [1.807, 2.05) is 18.2 Å². The second-order valence-electron chi connectivity index (χ2n) is 5.03. The summed E-state index contributed by atoms with van der Waals surface area (Å²) in [4.78, 5) is 13.0. The number of amides is 1. The van der Waals surface area contributed by atoms with Gasteiger partial charge in [0, 0.05) is 13.0 Å². The molecule has 1 heterocycles. The van der Waals surface area contributed by atoms with Gasteiger partial charge in [-0.05, 0) is 43.5 Å². The predicted octanol–water partition coefficient (Wildman–Crippen LogP) is 2.03. The van der Waals surface area contributed by atoms with Crippen LogP contribution in [-0.4, -0.2) is 30.4 Å². The third kappa shape index (κ3) is 4.22. The second kappa shape index (κ2) is 7.88. The number of hydrogen-bond donors (Lipinski definition) is 1. The van der Waals surface area contributed by atoms with Crippen molar-refractivity contribution in [2.45, 2.75) is 25.2 Å². The molecule has 1 saturated heterocycles. The molecule has 1 aromatic carbocycles. The van der Waals surface area contributed by atoms with Gasteiger partial charge in [0.05, 0.1) is 11.6 Å². The van der Waals surface area contributed by atoms with E-state index in [0.29, 0.717) is 12.3 Å². The summed E-state index contributed by atoms with van der Waals surface area (Å²) in [5.74, 6) is 0.220. The Bertz CT molecular complexity index is 490. The first-order chi connectivity index (χ1) is 9.20. The quantitative estimate of drug-likeness (QED) is 0.923. The minimum atomic E-state index is -0.239. The average Bonchev–Trinajstić information content (AvgIpc) is 2.45. The topological polar surface area (TPSA) is 70.1 Å². The van der Waals surface area contributed by atoms with Crippen molar-refractivity contribution in [3.05, 3.63) is 35.4 Å². The molecule has 0 aromatic heterocycles. The van der Waals surface area contributed by atoms with Crippen LogP contribution in [0.15, 0.2) is 24.3 Å². The molecule has 2 rings (SSSR count). The van der Waals surface area contributed by atoms with E-state index < -0.39 is 0 Å². The smallest absolute Gasteiger partial charge is 0.218 e. The maximum absolute atomic E-state index is 10.8. The zero-order valence-corrected chi connectivity index (χ0v) is 12.2. The number of likely N-dealkylation sites (tertiary alicyclic amines) is 1. The Balaban J connectivity index is 0.00000200. The molecule has 4 nitrogen and oxygen atoms in total. The van der Waals surface area contributed by atoms with Crippen molar-refractivity contribution in [1.29, 1.82) is 5.26 Å². The number of carbonyl (C=O) groups excluding carboxylic acids is 1. The molecule has 1 aliphatic heterocycles. The molecule has 1 amide bonds. The number of halogens is 1. The molecule has 0 bridgehead atoms. The highest BCUT2D eigenvalue weighted by Crippen LogP contribution is 2.30. The number of hydrogen-bond acceptors (Lipinski definition) is 3. The summed E-state index contributed by atoms with van der Waals surface area (Å²) in [6, 6.07) is 10.1. The van der Waals surface area contributed by atoms with Gasteiger partial charge in [0.15, 0.2) is 0 Å². The van der Waals surface area contributed by atoms with Gasteiger partial charge < -0.3 is 10.6 Å². The summed E-state index contributed by atoms with van der Waals surface area (Å²) >= 11 is 0. The Labute approximate surface area is 126 Å². The lowest BCUT2D eigenvalue weighted by atomic mass is 9.87. The van der Waals surface area contributed by atoms with Crippen molar-refractivity contribution >= 4 is 18.3 Å². The van der Waals surface area contributed by atoms with Gasteiger partial charge in [0.25, 0.3) is 0 Å². The van der Waals surface area contributed by atoms with Crippen LogP contribution in [0, 0.1) is 11.3 Å². The molecule has 5 heteroatoms. The maximum Gasteiger partial charge on any atom is 0.218 e. The molecule has 1 aromatic rings. The van der Waals surface area contributed by atoms with E-state index in [9.17, 15) is 4.79 Å². The summed E-state index contributed by atoms with van der Waals surface area (Å²) in [5.41, 5.74) is 7.12. The van der Waals surface area contributed by atoms with Gasteiger partial charge >= 0.3 is 0 Å². The highest BCUT2D eigenvalue weighted by molar-refractivity contribution is 5.85. The van der Waals surface area contributed by atoms with E-state index in [-0.39, 0.29) is 18.3 Å². The maximum atomic E-state index is 10.8. The number of nitrogens with two attached hydrogens (primary N) is 1. The average molecular weight is 294 g/mol. The monoisotopic (exact) mass is 293 g/mol. The van der Waals surface area contributed by atoms with Crippen molar-refractivity contribution in [2.24, 2.45) is 5.73 Å². The molecule has 1 aliphatic rings. The van der Waals surface area contributed by atoms with E-state index in [1.165, 1.54) is 5.56 Å². The molecule has 0 atom stereocenters. The molecule has 0 unspecified atom stereocenters. The Hall–Kier alpha value is -1.57. The Morgan fingerprint density at radius 2 is 2.00 bits per heavy atom. The van der Waals surface area contributed by atoms with Gasteiger partial charge in [-0.2, -0.15) is 5.26 Å². The lowest BCUT2D eigenvalue weighted by Gasteiger charge is -2.32. The standard InChI is InChI=1S/C15H19N3O.ClH/c16-11-13-3-1-2-4-14(13)12-5-8-18(9-6-12)10-7-15(17)19;/h1-4,12H,5-10H2,(H2,17,19);1H. The Kier molecular flexibility index (Phi) is 6.50. The van der Waals surface area contributed by atoms with Crippen molar-refractivity contribution in [1.82, 2.24) is 4.90 Å². The molecule has 0 saturated carbocycles. The second-order valence-corrected chi connectivity index (χ2v) is 5.03. The lowest BCUT2D eigenvalue weighted by molar-refractivity contribution is -0.118. The SMILES string of the molecule is Cl.N#Cc1ccccc1C1CCN(CCC(N)=O)CC1. The summed E-state index contributed by atoms with van der Waals surface area (Å²) < 4.78 is 0. The summed E-state index contributed by atoms with van der Waals surface area (Å²) in [5, 5.41) is 9.13. The predicted molar refractivity (Wildman–Crippen MR) is 80.6 cm³/mol. The molecule has 0 aliphatic carbocycles. The van der Waals surface area contributed by atoms with Crippen LogP contribution < -0.4 is 5.73 Å². The van der Waals surface area contributed by atoms with E-state index in [1.54, 1.807) is 0 Å². The molecule has 1 fully saturated rings. The van der Waals surface area contributed by atoms with Crippen LogP contribution in [0.5, 0.6) is 0 Å². The fraction of sp³-hybridized carbons (Fsp3) is 0.467. The fourth-order valence-corrected chi connectivity index (χ4v) is 2.69. The van der Waals surface area contributed by atoms with Crippen molar-refractivity contribution < 1.29 is 4.79 Å². The fourth-order valence-electron chi connectivity index (χ4n) is 2.69. The van der Waals surface area contributed by atoms with Gasteiger partial charge in [-0.25, -0.2) is 0 Å². The number of benzene rings is 1. The summed E-state index contributed by atoms with van der Waals surface area (Å²) in [6.07, 6.45) is 2.51. The molecular formula is C15H20ClN3O. The van der Waals surface area contributed by atoms with E-state index in [2.05, 4.69) is 17.0 Å². The highest BCUT2D eigenvalue weighted by Gasteiger charge is 2.22. The Morgan fingerprint density at radius 1 is 1.35 bits per heavy atom. The minimum absolute atomic E-state index is 0. The largest absolute Gasteiger partial charge is 0.370 e. The highest BCUT2D eigenvalue weighted by atomic mass is 35.5. The van der Waals surface area contributed by atoms with Crippen LogP contribution in [0.1, 0.15) is 36.3 Å². The van der Waals surface area contributed by atoms with E-state index in [0.717, 1.165) is 38.0 Å². The van der Waals surface area contributed by atoms with Crippen LogP contribution in [0.3, 0.4) is 0 Å². The summed E-state index contributed by atoms with van der Waals surface area (Å²) in [6.45, 7) is 2.69. The molecule has 0 spiro atoms. The first kappa shape index (κ1) is 16.5. The molecule has 20 heavy (non-hydrogen) atoms. The third-order valence-electron chi connectivity index (χ3n) is 3.78. The first-order valence-corrected chi connectivity index (χ1v) is 6.70. The number of nitrogens with zero attached hydrogens (tertiary/aromatic N) is 2. The van der Waals surface area contributed by atoms with Crippen LogP contribution >= 0.6 is 12.4 Å². The third-order valence-corrected chi connectivity index (χ3v) is 3.78. The van der Waals surface area contributed by atoms with E-state index >= 15 is 0 Å². The van der Waals surface area contributed by atoms with Crippen LogP contribution in [0.2, 0.25) is 0 Å². The molecule has 0 radical (unpaired) electrons. The zero-order chi connectivity index (χ0) is 13.7. The zero-order valence-electron chi connectivity index (χ0n) is 11.4. The van der Waals surface area contributed by atoms with Crippen LogP contribution in [-0.2, 0) is 4.79 Å². The Morgan fingerprint density at radius 3 is 2.60 bits per heavy atom. The van der Waals surface area contributed by atoms with Gasteiger partial charge in [-0.15, -0.1) is 12.4 Å². The van der Waals surface area contributed by atoms with Crippen LogP contribution in [0.25, 0.3) is 0 Å². The van der Waals surface area contributed by atoms with Gasteiger partial charge in [0.2, 0.25) is 5.91 Å². The lowest BCUT2D eigenvalue weighted by Crippen LogP contribution is -2.35. The van der Waals surface area contributed by atoms with Crippen molar-refractivity contribution in [2.75, 3.05) is 19.6 Å². The number of primary amides is 1. The van der Waals surface area contributed by atoms with Gasteiger partial charge in [0.1, 0.15) is 0 Å². The van der Waals surface area contributed by atoms with Gasteiger partial charge in [-0.3, -0.25) is 4.79 Å². The number of piperidine rings is 1. The normalized spacial score (nSPS) is 16.1. The molecular weight excluding hydrogens is 274 g/mol. The number of nitriles is 1. The van der Waals surface area contributed by atoms with Crippen molar-refractivity contribution in [3.63, 3.8) is 0 Å². The minimum Gasteiger partial charge on any atom is -0.370 e. The van der Waals surface area contributed by atoms with Gasteiger partial charge in [-0.1, -0.05) is 18.2 Å². The first-order valence-electron chi connectivity index (χ1n) is 6.70. The molecule has 108 valence electrons. The number of rotatable bonds is 4. The number of carbonyl (C=O) groups is 1. The summed E-state index contributed by atoms with van der Waals surface area (Å²) in [7, 11) is 0.